The van der Waals surface area contributed by atoms with E-state index >= 15 is 0 Å². The molecule has 78 valence electrons. The average Bonchev–Trinajstić information content (AvgIpc) is 2.01. The van der Waals surface area contributed by atoms with Gasteiger partial charge in [-0.15, -0.1) is 0 Å². The first-order valence-electron chi connectivity index (χ1n) is 3.53. The van der Waals surface area contributed by atoms with Gasteiger partial charge in [-0.3, -0.25) is 5.01 Å². The van der Waals surface area contributed by atoms with Gasteiger partial charge in [0.2, 0.25) is 0 Å². The summed E-state index contributed by atoms with van der Waals surface area (Å²) in [6.45, 7) is 0. The second-order valence-electron chi connectivity index (χ2n) is 2.64. The van der Waals surface area contributed by atoms with Crippen molar-refractivity contribution in [2.24, 2.45) is 5.84 Å². The lowest BCUT2D eigenvalue weighted by molar-refractivity contribution is -0.137. The van der Waals surface area contributed by atoms with Crippen LogP contribution in [-0.4, -0.2) is 12.0 Å². The molecule has 1 heterocycles. The summed E-state index contributed by atoms with van der Waals surface area (Å²) in [5.74, 6) is 5.38. The predicted octanol–water partition coefficient (Wildman–Crippen LogP) is 2.06. The van der Waals surface area contributed by atoms with Gasteiger partial charge in [0, 0.05) is 13.2 Å². The fraction of sp³-hybridized carbons (Fsp3) is 0.286. The number of hydrogen-bond acceptors (Lipinski definition) is 3. The van der Waals surface area contributed by atoms with E-state index in [1.165, 1.54) is 7.05 Å². The monoisotopic (exact) mass is 225 g/mol. The quantitative estimate of drug-likeness (QED) is 0.588. The third-order valence-corrected chi connectivity index (χ3v) is 1.76. The van der Waals surface area contributed by atoms with E-state index in [0.29, 0.717) is 6.20 Å². The summed E-state index contributed by atoms with van der Waals surface area (Å²) >= 11 is 5.55. The highest BCUT2D eigenvalue weighted by atomic mass is 35.5. The lowest BCUT2D eigenvalue weighted by Gasteiger charge is -2.14. The Labute approximate surface area is 83.3 Å². The zero-order valence-electron chi connectivity index (χ0n) is 7.14. The number of pyridine rings is 1. The minimum Gasteiger partial charge on any atom is -0.297 e. The molecule has 0 atom stereocenters. The van der Waals surface area contributed by atoms with Gasteiger partial charge in [0.05, 0.1) is 10.6 Å². The topological polar surface area (TPSA) is 42.1 Å². The maximum Gasteiger partial charge on any atom is 0.417 e. The number of aromatic nitrogens is 1. The van der Waals surface area contributed by atoms with Crippen LogP contribution in [0.2, 0.25) is 5.02 Å². The molecule has 0 aromatic carbocycles. The van der Waals surface area contributed by atoms with E-state index in [0.717, 1.165) is 11.1 Å². The molecule has 0 amide bonds. The molecule has 0 aliphatic carbocycles. The van der Waals surface area contributed by atoms with Crippen molar-refractivity contribution >= 4 is 17.4 Å². The average molecular weight is 226 g/mol. The molecule has 0 fully saturated rings. The van der Waals surface area contributed by atoms with E-state index in [1.54, 1.807) is 0 Å². The van der Waals surface area contributed by atoms with Crippen molar-refractivity contribution in [2.45, 2.75) is 6.18 Å². The zero-order chi connectivity index (χ0) is 10.9. The van der Waals surface area contributed by atoms with Crippen molar-refractivity contribution < 1.29 is 13.2 Å². The second-order valence-corrected chi connectivity index (χ2v) is 3.05. The predicted molar refractivity (Wildman–Crippen MR) is 46.8 cm³/mol. The van der Waals surface area contributed by atoms with E-state index in [1.807, 2.05) is 0 Å². The van der Waals surface area contributed by atoms with Crippen molar-refractivity contribution in [2.75, 3.05) is 12.1 Å². The number of anilines is 1. The summed E-state index contributed by atoms with van der Waals surface area (Å²) in [5, 5.41) is 0.910. The van der Waals surface area contributed by atoms with Crippen molar-refractivity contribution in [1.29, 1.82) is 0 Å². The molecule has 1 rings (SSSR count). The normalized spacial score (nSPS) is 11.6. The van der Waals surface area contributed by atoms with Gasteiger partial charge in [-0.05, 0) is 6.07 Å². The minimum atomic E-state index is -4.44. The van der Waals surface area contributed by atoms with Crippen LogP contribution in [0.5, 0.6) is 0 Å². The third-order valence-electron chi connectivity index (χ3n) is 1.48. The van der Waals surface area contributed by atoms with Crippen molar-refractivity contribution in [3.05, 3.63) is 22.8 Å². The van der Waals surface area contributed by atoms with E-state index < -0.39 is 11.7 Å². The molecule has 3 nitrogen and oxygen atoms in total. The van der Waals surface area contributed by atoms with Crippen LogP contribution >= 0.6 is 11.6 Å². The van der Waals surface area contributed by atoms with Crippen LogP contribution < -0.4 is 10.9 Å². The molecule has 0 aliphatic heterocycles. The molecule has 0 bridgehead atoms. The highest BCUT2D eigenvalue weighted by Crippen LogP contribution is 2.32. The Morgan fingerprint density at radius 3 is 2.43 bits per heavy atom. The van der Waals surface area contributed by atoms with Crippen LogP contribution in [0.25, 0.3) is 0 Å². The van der Waals surface area contributed by atoms with Crippen molar-refractivity contribution in [1.82, 2.24) is 4.98 Å². The molecule has 1 aromatic heterocycles. The third kappa shape index (κ3) is 2.27. The molecule has 0 spiro atoms. The van der Waals surface area contributed by atoms with Gasteiger partial charge in [0.1, 0.15) is 0 Å². The Hall–Kier alpha value is -1.01. The fourth-order valence-corrected chi connectivity index (χ4v) is 1.14. The number of rotatable bonds is 1. The van der Waals surface area contributed by atoms with Gasteiger partial charge < -0.3 is 0 Å². The molecular formula is C7H7ClF3N3. The van der Waals surface area contributed by atoms with Gasteiger partial charge in [-0.2, -0.15) is 13.2 Å². The largest absolute Gasteiger partial charge is 0.417 e. The molecule has 2 N–H and O–H groups in total. The van der Waals surface area contributed by atoms with Crippen LogP contribution in [0.15, 0.2) is 12.3 Å². The lowest BCUT2D eigenvalue weighted by atomic mass is 10.3. The van der Waals surface area contributed by atoms with E-state index in [9.17, 15) is 13.2 Å². The molecule has 0 saturated carbocycles. The Balaban J connectivity index is 3.13. The van der Waals surface area contributed by atoms with Crippen LogP contribution in [0, 0.1) is 0 Å². The highest BCUT2D eigenvalue weighted by molar-refractivity contribution is 6.33. The fourth-order valence-electron chi connectivity index (χ4n) is 0.845. The van der Waals surface area contributed by atoms with Crippen LogP contribution in [0.3, 0.4) is 0 Å². The van der Waals surface area contributed by atoms with Crippen molar-refractivity contribution in [3.8, 4) is 0 Å². The summed E-state index contributed by atoms with van der Waals surface area (Å²) in [5.41, 5.74) is -0.895. The maximum atomic E-state index is 12.2. The molecule has 7 heteroatoms. The Morgan fingerprint density at radius 1 is 1.50 bits per heavy atom. The summed E-state index contributed by atoms with van der Waals surface area (Å²) in [6, 6.07) is 0.785. The lowest BCUT2D eigenvalue weighted by Crippen LogP contribution is -2.26. The van der Waals surface area contributed by atoms with E-state index in [2.05, 4.69) is 4.98 Å². The van der Waals surface area contributed by atoms with Crippen LogP contribution in [-0.2, 0) is 6.18 Å². The van der Waals surface area contributed by atoms with Gasteiger partial charge in [-0.1, -0.05) is 11.6 Å². The van der Waals surface area contributed by atoms with Gasteiger partial charge in [-0.25, -0.2) is 10.8 Å². The standard InChI is InChI=1S/C7H7ClF3N3/c1-14(12)6-5(8)2-4(3-13-6)7(9,10)11/h2-3H,12H2,1H3. The first kappa shape index (κ1) is 11.1. The van der Waals surface area contributed by atoms with Gasteiger partial charge in [0.25, 0.3) is 0 Å². The second kappa shape index (κ2) is 3.62. The molecule has 14 heavy (non-hydrogen) atoms. The molecule has 0 unspecified atom stereocenters. The minimum absolute atomic E-state index is 0.0969. The first-order valence-corrected chi connectivity index (χ1v) is 3.91. The number of nitrogens with two attached hydrogens (primary N) is 1. The molecular weight excluding hydrogens is 219 g/mol. The first-order chi connectivity index (χ1) is 6.32. The SMILES string of the molecule is CN(N)c1ncc(C(F)(F)F)cc1Cl. The van der Waals surface area contributed by atoms with Crippen LogP contribution in [0.1, 0.15) is 5.56 Å². The number of nitrogens with zero attached hydrogens (tertiary/aromatic N) is 2. The number of halogens is 4. The molecule has 0 saturated heterocycles. The van der Waals surface area contributed by atoms with E-state index in [-0.39, 0.29) is 10.8 Å². The Bertz CT molecular complexity index is 337. The van der Waals surface area contributed by atoms with Gasteiger partial charge in [0.15, 0.2) is 5.82 Å². The molecule has 1 aromatic rings. The Morgan fingerprint density at radius 2 is 2.07 bits per heavy atom. The number of alkyl halides is 3. The zero-order valence-corrected chi connectivity index (χ0v) is 7.89. The molecule has 0 radical (unpaired) electrons. The maximum absolute atomic E-state index is 12.2. The summed E-state index contributed by atoms with van der Waals surface area (Å²) in [7, 11) is 1.43. The number of hydrogen-bond donors (Lipinski definition) is 1. The van der Waals surface area contributed by atoms with Crippen LogP contribution in [0.4, 0.5) is 19.0 Å². The highest BCUT2D eigenvalue weighted by Gasteiger charge is 2.31. The summed E-state index contributed by atoms with van der Waals surface area (Å²) in [4.78, 5) is 3.49. The summed E-state index contributed by atoms with van der Waals surface area (Å²) in [6.07, 6.45) is -3.76. The van der Waals surface area contributed by atoms with E-state index in [4.69, 9.17) is 17.4 Å². The van der Waals surface area contributed by atoms with Crippen molar-refractivity contribution in [3.63, 3.8) is 0 Å². The summed E-state index contributed by atoms with van der Waals surface area (Å²) < 4.78 is 36.5. The molecule has 0 aliphatic rings. The van der Waals surface area contributed by atoms with Gasteiger partial charge >= 0.3 is 6.18 Å². The number of hydrazine groups is 1. The smallest absolute Gasteiger partial charge is 0.297 e. The Kier molecular flexibility index (Phi) is 2.86.